The fourth-order valence-corrected chi connectivity index (χ4v) is 6.04. The molecule has 6 atom stereocenters. The maximum Gasteiger partial charge on any atom is 0.194 e. The van der Waals surface area contributed by atoms with Crippen LogP contribution in [0.2, 0.25) is 0 Å². The molecule has 2 aliphatic heterocycles. The third kappa shape index (κ3) is 5.55. The van der Waals surface area contributed by atoms with Crippen molar-refractivity contribution in [3.05, 3.63) is 58.7 Å². The number of aliphatic hydroxyl groups is 1. The normalized spacial score (nSPS) is 27.4. The number of hydrogen-bond acceptors (Lipinski definition) is 9. The highest BCUT2D eigenvalue weighted by molar-refractivity contribution is 9.10. The van der Waals surface area contributed by atoms with Crippen molar-refractivity contribution in [3.63, 3.8) is 0 Å². The summed E-state index contributed by atoms with van der Waals surface area (Å²) in [5.74, 6) is -4.22. The summed E-state index contributed by atoms with van der Waals surface area (Å²) in [4.78, 5) is 5.01. The minimum atomic E-state index is -1.56. The summed E-state index contributed by atoms with van der Waals surface area (Å²) >= 11 is 4.79. The first kappa shape index (κ1) is 26.5. The predicted octanol–water partition coefficient (Wildman–Crippen LogP) is 2.94. The largest absolute Gasteiger partial charge is 0.388 e. The Hall–Kier alpha value is -2.07. The van der Waals surface area contributed by atoms with Gasteiger partial charge in [0.15, 0.2) is 17.5 Å². The van der Waals surface area contributed by atoms with Crippen molar-refractivity contribution in [2.75, 3.05) is 26.8 Å². The van der Waals surface area contributed by atoms with Crippen molar-refractivity contribution in [1.82, 2.24) is 25.3 Å². The number of benzene rings is 1. The van der Waals surface area contributed by atoms with E-state index in [4.69, 9.17) is 14.2 Å². The van der Waals surface area contributed by atoms with E-state index in [1.807, 2.05) is 6.07 Å². The molecule has 0 radical (unpaired) electrons. The molecule has 14 heteroatoms. The monoisotopic (exact) mass is 601 g/mol. The maximum absolute atomic E-state index is 13.9. The van der Waals surface area contributed by atoms with Gasteiger partial charge in [0.25, 0.3) is 0 Å². The minimum absolute atomic E-state index is 0.0254. The number of aliphatic hydroxyl groups excluding tert-OH is 1. The predicted molar refractivity (Wildman–Crippen MR) is 130 cm³/mol. The molecular weight excluding hydrogens is 579 g/mol. The smallest absolute Gasteiger partial charge is 0.194 e. The van der Waals surface area contributed by atoms with Crippen LogP contribution in [-0.4, -0.2) is 81.7 Å². The lowest BCUT2D eigenvalue weighted by Gasteiger charge is -2.43. The van der Waals surface area contributed by atoms with Crippen LogP contribution in [0, 0.1) is 17.5 Å². The molecule has 1 aromatic carbocycles. The van der Waals surface area contributed by atoms with Crippen molar-refractivity contribution >= 4 is 27.7 Å². The second-order valence-corrected chi connectivity index (χ2v) is 10.6. The number of thioether (sulfide) groups is 1. The van der Waals surface area contributed by atoms with E-state index in [0.29, 0.717) is 13.2 Å². The van der Waals surface area contributed by atoms with E-state index in [1.54, 1.807) is 19.4 Å². The molecule has 0 saturated carbocycles. The third-order valence-corrected chi connectivity index (χ3v) is 7.63. The zero-order valence-corrected chi connectivity index (χ0v) is 21.8. The van der Waals surface area contributed by atoms with Crippen LogP contribution >= 0.6 is 27.7 Å². The number of halogens is 4. The Labute approximate surface area is 222 Å². The lowest BCUT2D eigenvalue weighted by molar-refractivity contribution is -0.177. The Kier molecular flexibility index (Phi) is 8.14. The molecule has 3 aromatic rings. The van der Waals surface area contributed by atoms with Crippen LogP contribution in [0.5, 0.6) is 0 Å². The maximum atomic E-state index is 13.9. The molecule has 198 valence electrons. The van der Waals surface area contributed by atoms with Crippen LogP contribution < -0.4 is 5.32 Å². The summed E-state index contributed by atoms with van der Waals surface area (Å²) in [6.07, 6.45) is 2.03. The molecule has 9 nitrogen and oxygen atoms in total. The Morgan fingerprint density at radius 1 is 1.22 bits per heavy atom. The van der Waals surface area contributed by atoms with Crippen LogP contribution in [0.3, 0.4) is 0 Å². The number of fused-ring (bicyclic) bond motifs is 1. The topological polar surface area (TPSA) is 104 Å². The van der Waals surface area contributed by atoms with E-state index in [0.717, 1.165) is 21.5 Å². The van der Waals surface area contributed by atoms with Crippen molar-refractivity contribution in [2.24, 2.45) is 0 Å². The molecule has 0 bridgehead atoms. The quantitative estimate of drug-likeness (QED) is 0.298. The number of nitrogens with one attached hydrogen (secondary N) is 1. The second-order valence-electron chi connectivity index (χ2n) is 8.56. The van der Waals surface area contributed by atoms with Gasteiger partial charge >= 0.3 is 0 Å². The summed E-state index contributed by atoms with van der Waals surface area (Å²) < 4.78 is 61.9. The van der Waals surface area contributed by atoms with Crippen LogP contribution in [0.25, 0.3) is 11.3 Å². The van der Waals surface area contributed by atoms with E-state index in [9.17, 15) is 18.3 Å². The highest BCUT2D eigenvalue weighted by atomic mass is 79.9. The molecule has 5 rings (SSSR count). The first-order chi connectivity index (χ1) is 17.9. The fourth-order valence-electron chi connectivity index (χ4n) is 4.38. The average molecular weight is 602 g/mol. The molecule has 4 unspecified atom stereocenters. The van der Waals surface area contributed by atoms with Gasteiger partial charge in [-0.1, -0.05) is 17.0 Å². The lowest BCUT2D eigenvalue weighted by atomic mass is 9.95. The summed E-state index contributed by atoms with van der Waals surface area (Å²) in [5, 5.41) is 21.9. The highest BCUT2D eigenvalue weighted by Gasteiger charge is 2.54. The van der Waals surface area contributed by atoms with Gasteiger partial charge in [-0.25, -0.2) is 17.9 Å². The Morgan fingerprint density at radius 2 is 2.00 bits per heavy atom. The van der Waals surface area contributed by atoms with Crippen molar-refractivity contribution in [3.8, 4) is 11.3 Å². The number of pyridine rings is 1. The first-order valence-electron chi connectivity index (χ1n) is 11.4. The van der Waals surface area contributed by atoms with E-state index in [2.05, 4.69) is 36.5 Å². The molecule has 0 spiro atoms. The number of nitrogens with zero attached hydrogens (tertiary/aromatic N) is 4. The van der Waals surface area contributed by atoms with Gasteiger partial charge in [0.05, 0.1) is 19.4 Å². The van der Waals surface area contributed by atoms with Gasteiger partial charge in [0, 0.05) is 33.9 Å². The molecule has 0 amide bonds. The molecule has 4 heterocycles. The van der Waals surface area contributed by atoms with Crippen molar-refractivity contribution in [1.29, 1.82) is 0 Å². The molecule has 2 fully saturated rings. The summed E-state index contributed by atoms with van der Waals surface area (Å²) in [6.45, 7) is 0.957. The third-order valence-electron chi connectivity index (χ3n) is 6.08. The molecule has 37 heavy (non-hydrogen) atoms. The fraction of sp³-hybridized carbons (Fsp3) is 0.435. The second kappa shape index (κ2) is 11.4. The number of aromatic nitrogens is 4. The molecule has 2 N–H and O–H groups in total. The first-order valence-corrected chi connectivity index (χ1v) is 13.1. The Balaban J connectivity index is 1.51. The molecule has 2 aromatic heterocycles. The van der Waals surface area contributed by atoms with Gasteiger partial charge in [-0.05, 0) is 41.2 Å². The van der Waals surface area contributed by atoms with Gasteiger partial charge in [-0.15, -0.1) is 5.10 Å². The Morgan fingerprint density at radius 3 is 2.73 bits per heavy atom. The summed E-state index contributed by atoms with van der Waals surface area (Å²) in [5.41, 5.74) is -0.435. The van der Waals surface area contributed by atoms with Gasteiger partial charge in [-0.3, -0.25) is 4.98 Å². The summed E-state index contributed by atoms with van der Waals surface area (Å²) in [7, 11) is 1.80. The molecule has 0 aliphatic carbocycles. The standard InChI is InChI=1S/C23H23BrF3N5O4S/c1-28-2-3-34-22-19(32-9-16(30-31-32)11-4-14(25)18(27)15(26)5-11)21-20(17(33)10-35-21)36-23(22)37-13-6-12(24)7-29-8-13/h4-9,17,19-23,28,33H,2-3,10H2,1H3/t17?,19?,20?,21-,22?,23-/m1/s1. The highest BCUT2D eigenvalue weighted by Crippen LogP contribution is 2.44. The van der Waals surface area contributed by atoms with Gasteiger partial charge < -0.3 is 24.6 Å². The number of hydrogen-bond donors (Lipinski definition) is 2. The minimum Gasteiger partial charge on any atom is -0.388 e. The number of rotatable bonds is 8. The van der Waals surface area contributed by atoms with Gasteiger partial charge in [-0.2, -0.15) is 0 Å². The SMILES string of the molecule is CNCCOC1C(n2cc(-c3cc(F)c(F)c(F)c3)nn2)[C@H]2OCC(O)C2O[C@@H]1Sc1cncc(Br)c1. The van der Waals surface area contributed by atoms with Gasteiger partial charge in [0.1, 0.15) is 41.6 Å². The van der Waals surface area contributed by atoms with Crippen molar-refractivity contribution < 1.29 is 32.5 Å². The van der Waals surface area contributed by atoms with Crippen LogP contribution in [0.1, 0.15) is 6.04 Å². The number of likely N-dealkylation sites (N-methyl/N-ethyl adjacent to an activating group) is 1. The van der Waals surface area contributed by atoms with E-state index < -0.39 is 53.3 Å². The zero-order chi connectivity index (χ0) is 26.1. The van der Waals surface area contributed by atoms with Gasteiger partial charge in [0.2, 0.25) is 0 Å². The Bertz CT molecular complexity index is 1230. The van der Waals surface area contributed by atoms with E-state index in [-0.39, 0.29) is 17.9 Å². The summed E-state index contributed by atoms with van der Waals surface area (Å²) in [6, 6.07) is 2.99. The molecular formula is C23H23BrF3N5O4S. The number of ether oxygens (including phenoxy) is 3. The van der Waals surface area contributed by atoms with Crippen molar-refractivity contribution in [2.45, 2.75) is 40.8 Å². The molecule has 2 aliphatic rings. The van der Waals surface area contributed by atoms with Crippen LogP contribution in [-0.2, 0) is 14.2 Å². The average Bonchev–Trinajstić information content (AvgIpc) is 3.50. The van der Waals surface area contributed by atoms with E-state index in [1.165, 1.54) is 22.6 Å². The van der Waals surface area contributed by atoms with Crippen LogP contribution in [0.15, 0.2) is 46.2 Å². The molecule has 2 saturated heterocycles. The van der Waals surface area contributed by atoms with Crippen LogP contribution in [0.4, 0.5) is 13.2 Å². The zero-order valence-electron chi connectivity index (χ0n) is 19.4. The van der Waals surface area contributed by atoms with E-state index >= 15 is 0 Å². The lowest BCUT2D eigenvalue weighted by Crippen LogP contribution is -2.55.